The molecule has 0 saturated carbocycles. The molecule has 0 radical (unpaired) electrons. The average molecular weight is 280 g/mol. The molecule has 2 aromatic carbocycles. The van der Waals surface area contributed by atoms with Crippen molar-refractivity contribution < 1.29 is 9.53 Å². The van der Waals surface area contributed by atoms with Crippen LogP contribution in [0.2, 0.25) is 0 Å². The summed E-state index contributed by atoms with van der Waals surface area (Å²) >= 11 is 0. The van der Waals surface area contributed by atoms with Gasteiger partial charge in [0.2, 0.25) is 0 Å². The number of ether oxygens (including phenoxy) is 1. The standard InChI is InChI=1S/C17H16N2O2/c1-10-8-11(18)6-7-12(10)17(20)13-9-19-14-4-3-5-15(21-2)16(13)14/h3-9,19H,18H2,1-2H3. The predicted molar refractivity (Wildman–Crippen MR) is 83.9 cm³/mol. The highest BCUT2D eigenvalue weighted by Gasteiger charge is 2.18. The van der Waals surface area contributed by atoms with E-state index >= 15 is 0 Å². The van der Waals surface area contributed by atoms with Crippen LogP contribution in [0.5, 0.6) is 5.75 Å². The number of anilines is 1. The molecule has 3 N–H and O–H groups in total. The van der Waals surface area contributed by atoms with E-state index in [9.17, 15) is 4.79 Å². The average Bonchev–Trinajstić information content (AvgIpc) is 2.90. The van der Waals surface area contributed by atoms with Crippen molar-refractivity contribution in [1.29, 1.82) is 0 Å². The number of nitrogens with two attached hydrogens (primary N) is 1. The van der Waals surface area contributed by atoms with Gasteiger partial charge in [0.1, 0.15) is 5.75 Å². The molecule has 0 fully saturated rings. The third kappa shape index (κ3) is 2.14. The summed E-state index contributed by atoms with van der Waals surface area (Å²) in [6.07, 6.45) is 1.73. The van der Waals surface area contributed by atoms with Crippen LogP contribution in [0.25, 0.3) is 10.9 Å². The van der Waals surface area contributed by atoms with Crippen molar-refractivity contribution in [2.45, 2.75) is 6.92 Å². The summed E-state index contributed by atoms with van der Waals surface area (Å²) < 4.78 is 5.37. The first-order valence-electron chi connectivity index (χ1n) is 6.66. The van der Waals surface area contributed by atoms with Crippen LogP contribution in [0, 0.1) is 6.92 Å². The van der Waals surface area contributed by atoms with E-state index in [0.29, 0.717) is 22.6 Å². The van der Waals surface area contributed by atoms with Gasteiger partial charge in [0.05, 0.1) is 18.1 Å². The first-order valence-corrected chi connectivity index (χ1v) is 6.66. The molecule has 3 aromatic rings. The lowest BCUT2D eigenvalue weighted by molar-refractivity contribution is 0.103. The van der Waals surface area contributed by atoms with E-state index in [2.05, 4.69) is 4.98 Å². The van der Waals surface area contributed by atoms with Gasteiger partial charge in [0.25, 0.3) is 0 Å². The first-order chi connectivity index (χ1) is 10.1. The molecule has 4 heteroatoms. The molecule has 1 heterocycles. The summed E-state index contributed by atoms with van der Waals surface area (Å²) in [6, 6.07) is 11.0. The molecule has 0 spiro atoms. The van der Waals surface area contributed by atoms with Gasteiger partial charge in [-0.3, -0.25) is 4.79 Å². The van der Waals surface area contributed by atoms with Gasteiger partial charge < -0.3 is 15.5 Å². The number of rotatable bonds is 3. The van der Waals surface area contributed by atoms with E-state index in [4.69, 9.17) is 10.5 Å². The number of nitrogens with one attached hydrogen (secondary N) is 1. The van der Waals surface area contributed by atoms with Crippen molar-refractivity contribution in [2.75, 3.05) is 12.8 Å². The number of carbonyl (C=O) groups is 1. The minimum atomic E-state index is -0.0387. The molecule has 0 saturated heterocycles. The van der Waals surface area contributed by atoms with E-state index in [0.717, 1.165) is 16.5 Å². The highest BCUT2D eigenvalue weighted by atomic mass is 16.5. The zero-order valence-electron chi connectivity index (χ0n) is 11.9. The Bertz CT molecular complexity index is 834. The van der Waals surface area contributed by atoms with Crippen molar-refractivity contribution in [3.63, 3.8) is 0 Å². The van der Waals surface area contributed by atoms with E-state index in [1.807, 2.05) is 25.1 Å². The lowest BCUT2D eigenvalue weighted by atomic mass is 9.98. The second-order valence-corrected chi connectivity index (χ2v) is 4.99. The Balaban J connectivity index is 2.18. The van der Waals surface area contributed by atoms with Crippen LogP contribution in [0.3, 0.4) is 0 Å². The summed E-state index contributed by atoms with van der Waals surface area (Å²) in [7, 11) is 1.60. The van der Waals surface area contributed by atoms with Crippen LogP contribution in [0.4, 0.5) is 5.69 Å². The predicted octanol–water partition coefficient (Wildman–Crippen LogP) is 3.30. The number of ketones is 1. The first kappa shape index (κ1) is 13.2. The molecule has 1 aromatic heterocycles. The zero-order valence-corrected chi connectivity index (χ0v) is 11.9. The molecular formula is C17H16N2O2. The summed E-state index contributed by atoms with van der Waals surface area (Å²) in [4.78, 5) is 15.9. The van der Waals surface area contributed by atoms with Crippen LogP contribution in [-0.2, 0) is 0 Å². The monoisotopic (exact) mass is 280 g/mol. The van der Waals surface area contributed by atoms with Gasteiger partial charge >= 0.3 is 0 Å². The van der Waals surface area contributed by atoms with E-state index in [-0.39, 0.29) is 5.78 Å². The molecule has 4 nitrogen and oxygen atoms in total. The largest absolute Gasteiger partial charge is 0.496 e. The number of hydrogen-bond acceptors (Lipinski definition) is 3. The van der Waals surface area contributed by atoms with Gasteiger partial charge in [-0.2, -0.15) is 0 Å². The Morgan fingerprint density at radius 2 is 2.00 bits per heavy atom. The number of aromatic amines is 1. The van der Waals surface area contributed by atoms with Crippen LogP contribution in [0.15, 0.2) is 42.6 Å². The number of aryl methyl sites for hydroxylation is 1. The minimum Gasteiger partial charge on any atom is -0.496 e. The van der Waals surface area contributed by atoms with Crippen LogP contribution < -0.4 is 10.5 Å². The van der Waals surface area contributed by atoms with Crippen LogP contribution in [-0.4, -0.2) is 17.9 Å². The molecule has 0 unspecified atom stereocenters. The molecule has 0 aliphatic heterocycles. The Hall–Kier alpha value is -2.75. The van der Waals surface area contributed by atoms with E-state index in [1.54, 1.807) is 31.5 Å². The number of benzene rings is 2. The molecular weight excluding hydrogens is 264 g/mol. The molecule has 106 valence electrons. The van der Waals surface area contributed by atoms with Crippen molar-refractivity contribution in [1.82, 2.24) is 4.98 Å². The Kier molecular flexibility index (Phi) is 3.14. The summed E-state index contributed by atoms with van der Waals surface area (Å²) in [5, 5.41) is 0.807. The normalized spacial score (nSPS) is 10.8. The molecule has 21 heavy (non-hydrogen) atoms. The molecule has 0 bridgehead atoms. The smallest absolute Gasteiger partial charge is 0.195 e. The fourth-order valence-corrected chi connectivity index (χ4v) is 2.59. The molecule has 0 aliphatic carbocycles. The van der Waals surface area contributed by atoms with Gasteiger partial charge in [-0.05, 0) is 42.8 Å². The number of fused-ring (bicyclic) bond motifs is 1. The van der Waals surface area contributed by atoms with E-state index < -0.39 is 0 Å². The SMILES string of the molecule is COc1cccc2[nH]cc(C(=O)c3ccc(N)cc3C)c12. The number of carbonyl (C=O) groups excluding carboxylic acids is 1. The molecule has 0 amide bonds. The summed E-state index contributed by atoms with van der Waals surface area (Å²) in [5.74, 6) is 0.647. The van der Waals surface area contributed by atoms with Crippen LogP contribution >= 0.6 is 0 Å². The Morgan fingerprint density at radius 3 is 2.71 bits per heavy atom. The maximum Gasteiger partial charge on any atom is 0.195 e. The summed E-state index contributed by atoms with van der Waals surface area (Å²) in [5.41, 5.74) is 9.40. The second-order valence-electron chi connectivity index (χ2n) is 4.99. The van der Waals surface area contributed by atoms with Gasteiger partial charge in [-0.1, -0.05) is 6.07 Å². The van der Waals surface area contributed by atoms with Crippen molar-refractivity contribution in [2.24, 2.45) is 0 Å². The molecule has 0 atom stereocenters. The minimum absolute atomic E-state index is 0.0387. The second kappa shape index (κ2) is 4.98. The van der Waals surface area contributed by atoms with Crippen molar-refractivity contribution >= 4 is 22.4 Å². The third-order valence-electron chi connectivity index (χ3n) is 3.63. The van der Waals surface area contributed by atoms with Gasteiger partial charge in [0, 0.05) is 23.0 Å². The Labute approximate surface area is 122 Å². The lowest BCUT2D eigenvalue weighted by Gasteiger charge is -2.07. The number of nitrogen functional groups attached to an aromatic ring is 1. The number of H-pyrrole nitrogens is 1. The van der Waals surface area contributed by atoms with Gasteiger partial charge in [-0.15, -0.1) is 0 Å². The number of hydrogen-bond donors (Lipinski definition) is 2. The molecule has 3 rings (SSSR count). The van der Waals surface area contributed by atoms with Crippen LogP contribution in [0.1, 0.15) is 21.5 Å². The molecule has 0 aliphatic rings. The topological polar surface area (TPSA) is 68.1 Å². The highest BCUT2D eigenvalue weighted by Crippen LogP contribution is 2.30. The Morgan fingerprint density at radius 1 is 1.19 bits per heavy atom. The zero-order chi connectivity index (χ0) is 15.0. The van der Waals surface area contributed by atoms with Gasteiger partial charge in [0.15, 0.2) is 5.78 Å². The van der Waals surface area contributed by atoms with E-state index in [1.165, 1.54) is 0 Å². The maximum atomic E-state index is 12.8. The highest BCUT2D eigenvalue weighted by molar-refractivity contribution is 6.18. The maximum absolute atomic E-state index is 12.8. The quantitative estimate of drug-likeness (QED) is 0.571. The number of methoxy groups -OCH3 is 1. The fourth-order valence-electron chi connectivity index (χ4n) is 2.59. The third-order valence-corrected chi connectivity index (χ3v) is 3.63. The number of aromatic nitrogens is 1. The van der Waals surface area contributed by atoms with Crippen molar-refractivity contribution in [3.8, 4) is 5.75 Å². The lowest BCUT2D eigenvalue weighted by Crippen LogP contribution is -2.04. The van der Waals surface area contributed by atoms with Gasteiger partial charge in [-0.25, -0.2) is 0 Å². The summed E-state index contributed by atoms with van der Waals surface area (Å²) in [6.45, 7) is 1.88. The van der Waals surface area contributed by atoms with Crippen molar-refractivity contribution in [3.05, 3.63) is 59.3 Å². The fraction of sp³-hybridized carbons (Fsp3) is 0.118.